The van der Waals surface area contributed by atoms with E-state index < -0.39 is 6.04 Å². The van der Waals surface area contributed by atoms with Crippen LogP contribution in [0.25, 0.3) is 0 Å². The molecule has 1 saturated heterocycles. The molecule has 1 aliphatic carbocycles. The summed E-state index contributed by atoms with van der Waals surface area (Å²) >= 11 is 5.89. The van der Waals surface area contributed by atoms with Gasteiger partial charge < -0.3 is 16.0 Å². The molecule has 0 radical (unpaired) electrons. The Morgan fingerprint density at radius 2 is 2.05 bits per heavy atom. The van der Waals surface area contributed by atoms with E-state index in [1.807, 2.05) is 0 Å². The van der Waals surface area contributed by atoms with Crippen molar-refractivity contribution in [2.75, 3.05) is 5.32 Å². The number of carbonyl (C=O) groups excluding carboxylic acids is 2. The van der Waals surface area contributed by atoms with E-state index in [1.165, 1.54) is 6.42 Å². The lowest BCUT2D eigenvalue weighted by molar-refractivity contribution is -0.129. The van der Waals surface area contributed by atoms with E-state index in [0.717, 1.165) is 19.3 Å². The maximum atomic E-state index is 12.1. The van der Waals surface area contributed by atoms with Crippen LogP contribution in [0.4, 0.5) is 5.69 Å². The van der Waals surface area contributed by atoms with E-state index in [1.54, 1.807) is 24.3 Å². The van der Waals surface area contributed by atoms with Gasteiger partial charge in [0.15, 0.2) is 0 Å². The first-order valence-electron chi connectivity index (χ1n) is 7.73. The molecule has 1 heterocycles. The molecule has 3 N–H and O–H groups in total. The monoisotopic (exact) mass is 321 g/mol. The highest BCUT2D eigenvalue weighted by Gasteiger charge is 2.36. The van der Waals surface area contributed by atoms with E-state index in [0.29, 0.717) is 10.7 Å². The normalized spacial score (nSPS) is 27.7. The van der Waals surface area contributed by atoms with Gasteiger partial charge in [-0.3, -0.25) is 9.59 Å². The average Bonchev–Trinajstić information content (AvgIpc) is 2.48. The summed E-state index contributed by atoms with van der Waals surface area (Å²) in [7, 11) is 0. The minimum Gasteiger partial charge on any atom is -0.350 e. The van der Waals surface area contributed by atoms with Crippen molar-refractivity contribution in [3.05, 3.63) is 29.3 Å². The molecule has 3 atom stereocenters. The topological polar surface area (TPSA) is 70.2 Å². The highest BCUT2D eigenvalue weighted by molar-refractivity contribution is 6.30. The molecular formula is C16H20ClN3O2. The third-order valence-electron chi connectivity index (χ3n) is 4.32. The second kappa shape index (κ2) is 6.67. The van der Waals surface area contributed by atoms with E-state index in [2.05, 4.69) is 16.0 Å². The molecule has 1 aromatic rings. The number of amides is 2. The first kappa shape index (κ1) is 15.3. The fraction of sp³-hybridized carbons (Fsp3) is 0.500. The highest BCUT2D eigenvalue weighted by Crippen LogP contribution is 2.22. The molecule has 2 amide bonds. The zero-order valence-electron chi connectivity index (χ0n) is 12.3. The Hall–Kier alpha value is -1.59. The van der Waals surface area contributed by atoms with Crippen LogP contribution in [0.5, 0.6) is 0 Å². The zero-order chi connectivity index (χ0) is 15.5. The maximum Gasteiger partial charge on any atom is 0.237 e. The van der Waals surface area contributed by atoms with Gasteiger partial charge in [0.05, 0.1) is 12.5 Å². The zero-order valence-corrected chi connectivity index (χ0v) is 13.0. The molecule has 2 aliphatic rings. The molecule has 0 spiro atoms. The molecule has 0 bridgehead atoms. The highest BCUT2D eigenvalue weighted by atomic mass is 35.5. The van der Waals surface area contributed by atoms with Crippen LogP contribution in [0.15, 0.2) is 24.3 Å². The third-order valence-corrected chi connectivity index (χ3v) is 4.56. The summed E-state index contributed by atoms with van der Waals surface area (Å²) in [6, 6.07) is 7.02. The molecule has 22 heavy (non-hydrogen) atoms. The molecule has 1 aromatic carbocycles. The van der Waals surface area contributed by atoms with Crippen molar-refractivity contribution in [3.63, 3.8) is 0 Å². The maximum absolute atomic E-state index is 12.1. The van der Waals surface area contributed by atoms with Gasteiger partial charge in [-0.15, -0.1) is 0 Å². The van der Waals surface area contributed by atoms with Crippen LogP contribution in [-0.2, 0) is 9.59 Å². The smallest absolute Gasteiger partial charge is 0.237 e. The number of rotatable bonds is 3. The number of hydrogen-bond acceptors (Lipinski definition) is 3. The summed E-state index contributed by atoms with van der Waals surface area (Å²) in [5, 5.41) is 9.72. The Labute approximate surface area is 134 Å². The summed E-state index contributed by atoms with van der Waals surface area (Å²) < 4.78 is 0. The molecule has 6 heteroatoms. The molecule has 0 aromatic heterocycles. The Balaban J connectivity index is 1.57. The van der Waals surface area contributed by atoms with Gasteiger partial charge in [-0.25, -0.2) is 0 Å². The SMILES string of the molecule is O=C(CC1NC2CCCCC2NC1=O)Nc1cccc(Cl)c1. The van der Waals surface area contributed by atoms with E-state index in [-0.39, 0.29) is 30.3 Å². The lowest BCUT2D eigenvalue weighted by atomic mass is 9.87. The second-order valence-electron chi connectivity index (χ2n) is 5.99. The number of anilines is 1. The van der Waals surface area contributed by atoms with Crippen LogP contribution in [0.1, 0.15) is 32.1 Å². The van der Waals surface area contributed by atoms with Gasteiger partial charge in [-0.1, -0.05) is 30.5 Å². The number of fused-ring (bicyclic) bond motifs is 1. The molecule has 1 saturated carbocycles. The summed E-state index contributed by atoms with van der Waals surface area (Å²) in [5.41, 5.74) is 0.643. The van der Waals surface area contributed by atoms with Gasteiger partial charge in [0, 0.05) is 22.8 Å². The Kier molecular flexibility index (Phi) is 4.64. The number of benzene rings is 1. The molecule has 3 unspecified atom stereocenters. The van der Waals surface area contributed by atoms with E-state index in [4.69, 9.17) is 11.6 Å². The largest absolute Gasteiger partial charge is 0.350 e. The van der Waals surface area contributed by atoms with Gasteiger partial charge in [-0.2, -0.15) is 0 Å². The predicted molar refractivity (Wildman–Crippen MR) is 85.8 cm³/mol. The van der Waals surface area contributed by atoms with Gasteiger partial charge in [0.2, 0.25) is 11.8 Å². The van der Waals surface area contributed by atoms with Crippen LogP contribution < -0.4 is 16.0 Å². The van der Waals surface area contributed by atoms with Crippen LogP contribution >= 0.6 is 11.6 Å². The lowest BCUT2D eigenvalue weighted by Crippen LogP contribution is -2.65. The van der Waals surface area contributed by atoms with Crippen LogP contribution in [0.2, 0.25) is 5.02 Å². The number of nitrogens with one attached hydrogen (secondary N) is 3. The van der Waals surface area contributed by atoms with Crippen molar-refractivity contribution < 1.29 is 9.59 Å². The summed E-state index contributed by atoms with van der Waals surface area (Å²) in [5.74, 6) is -0.270. The Bertz CT molecular complexity index is 578. The van der Waals surface area contributed by atoms with Crippen LogP contribution in [-0.4, -0.2) is 29.9 Å². The molecule has 118 valence electrons. The van der Waals surface area contributed by atoms with E-state index in [9.17, 15) is 9.59 Å². The van der Waals surface area contributed by atoms with Gasteiger partial charge in [0.25, 0.3) is 0 Å². The standard InChI is InChI=1S/C16H20ClN3O2/c17-10-4-3-5-11(8-10)18-15(21)9-14-16(22)20-13-7-2-1-6-12(13)19-14/h3-5,8,12-14,19H,1-2,6-7,9H2,(H,18,21)(H,20,22). The van der Waals surface area contributed by atoms with Gasteiger partial charge in [0.1, 0.15) is 0 Å². The van der Waals surface area contributed by atoms with Gasteiger partial charge in [-0.05, 0) is 31.0 Å². The summed E-state index contributed by atoms with van der Waals surface area (Å²) in [4.78, 5) is 24.2. The average molecular weight is 322 g/mol. The summed E-state index contributed by atoms with van der Waals surface area (Å²) in [6.45, 7) is 0. The molecular weight excluding hydrogens is 302 g/mol. The quantitative estimate of drug-likeness (QED) is 0.798. The number of halogens is 1. The second-order valence-corrected chi connectivity index (χ2v) is 6.42. The van der Waals surface area contributed by atoms with Crippen molar-refractivity contribution in [2.24, 2.45) is 0 Å². The predicted octanol–water partition coefficient (Wildman–Crippen LogP) is 2.07. The summed E-state index contributed by atoms with van der Waals surface area (Å²) in [6.07, 6.45) is 4.53. The molecule has 2 fully saturated rings. The first-order chi connectivity index (χ1) is 10.6. The minimum atomic E-state index is -0.460. The molecule has 5 nitrogen and oxygen atoms in total. The van der Waals surface area contributed by atoms with Crippen molar-refractivity contribution in [1.82, 2.24) is 10.6 Å². The third kappa shape index (κ3) is 3.59. The number of carbonyl (C=O) groups is 2. The van der Waals surface area contributed by atoms with Crippen molar-refractivity contribution >= 4 is 29.1 Å². The lowest BCUT2D eigenvalue weighted by Gasteiger charge is -2.40. The Morgan fingerprint density at radius 3 is 2.82 bits per heavy atom. The van der Waals surface area contributed by atoms with Gasteiger partial charge >= 0.3 is 0 Å². The van der Waals surface area contributed by atoms with Crippen LogP contribution in [0, 0.1) is 0 Å². The fourth-order valence-electron chi connectivity index (χ4n) is 3.24. The molecule has 1 aliphatic heterocycles. The van der Waals surface area contributed by atoms with Crippen molar-refractivity contribution in [1.29, 1.82) is 0 Å². The first-order valence-corrected chi connectivity index (χ1v) is 8.11. The van der Waals surface area contributed by atoms with E-state index >= 15 is 0 Å². The van der Waals surface area contributed by atoms with Crippen LogP contribution in [0.3, 0.4) is 0 Å². The Morgan fingerprint density at radius 1 is 1.27 bits per heavy atom. The van der Waals surface area contributed by atoms with Crippen molar-refractivity contribution in [2.45, 2.75) is 50.2 Å². The minimum absolute atomic E-state index is 0.0793. The fourth-order valence-corrected chi connectivity index (χ4v) is 3.43. The molecule has 3 rings (SSSR count). The van der Waals surface area contributed by atoms with Crippen molar-refractivity contribution in [3.8, 4) is 0 Å². The number of piperazine rings is 1. The number of hydrogen-bond donors (Lipinski definition) is 3.